The molecule has 2 unspecified atom stereocenters. The lowest BCUT2D eigenvalue weighted by atomic mass is 10.1. The van der Waals surface area contributed by atoms with Gasteiger partial charge >= 0.3 is 0 Å². The predicted molar refractivity (Wildman–Crippen MR) is 59.1 cm³/mol. The number of fused-ring (bicyclic) bond motifs is 1. The smallest absolute Gasteiger partial charge is 0.161 e. The van der Waals surface area contributed by atoms with Crippen molar-refractivity contribution in [1.82, 2.24) is 19.7 Å². The number of likely N-dealkylation sites (tertiary alicyclic amines) is 1. The number of nitrogens with zero attached hydrogens (tertiary/aromatic N) is 4. The largest absolute Gasteiger partial charge is 0.385 e. The monoisotopic (exact) mass is 222 g/mol. The Morgan fingerprint density at radius 1 is 1.19 bits per heavy atom. The van der Waals surface area contributed by atoms with Crippen molar-refractivity contribution in [3.63, 3.8) is 0 Å². The van der Waals surface area contributed by atoms with E-state index in [9.17, 15) is 5.11 Å². The lowest BCUT2D eigenvalue weighted by molar-refractivity contribution is 0.132. The Balaban J connectivity index is 1.91. The predicted octanol–water partition coefficient (Wildman–Crippen LogP) is 0.524. The molecule has 3 heterocycles. The van der Waals surface area contributed by atoms with Crippen LogP contribution in [0.15, 0.2) is 0 Å². The first-order valence-electron chi connectivity index (χ1n) is 6.05. The summed E-state index contributed by atoms with van der Waals surface area (Å²) >= 11 is 0. The number of aromatic nitrogens is 3. The van der Waals surface area contributed by atoms with Crippen molar-refractivity contribution in [2.24, 2.45) is 0 Å². The molecule has 2 atom stereocenters. The molecule has 1 fully saturated rings. The first-order valence-corrected chi connectivity index (χ1v) is 6.05. The highest BCUT2D eigenvalue weighted by Crippen LogP contribution is 2.30. The number of rotatable bonds is 1. The second kappa shape index (κ2) is 3.82. The van der Waals surface area contributed by atoms with Crippen LogP contribution in [0.2, 0.25) is 0 Å². The van der Waals surface area contributed by atoms with E-state index in [2.05, 4.69) is 26.7 Å². The Morgan fingerprint density at radius 2 is 2.00 bits per heavy atom. The van der Waals surface area contributed by atoms with Gasteiger partial charge in [0.1, 0.15) is 11.9 Å². The summed E-state index contributed by atoms with van der Waals surface area (Å²) < 4.78 is 2.14. The molecule has 1 aromatic rings. The van der Waals surface area contributed by atoms with Crippen LogP contribution in [0.3, 0.4) is 0 Å². The summed E-state index contributed by atoms with van der Waals surface area (Å²) in [6.45, 7) is 3.17. The molecule has 1 saturated heterocycles. The number of likely N-dealkylation sites (N-methyl/N-ethyl adjacent to an activating group) is 1. The Morgan fingerprint density at radius 3 is 2.75 bits per heavy atom. The quantitative estimate of drug-likeness (QED) is 0.753. The fourth-order valence-corrected chi connectivity index (χ4v) is 2.82. The van der Waals surface area contributed by atoms with Crippen LogP contribution in [0.1, 0.15) is 42.9 Å². The second-order valence-electron chi connectivity index (χ2n) is 4.97. The van der Waals surface area contributed by atoms with Gasteiger partial charge in [0, 0.05) is 19.0 Å². The Labute approximate surface area is 95.1 Å². The van der Waals surface area contributed by atoms with Gasteiger partial charge in [-0.05, 0) is 32.9 Å². The van der Waals surface area contributed by atoms with Crippen LogP contribution >= 0.6 is 0 Å². The van der Waals surface area contributed by atoms with Crippen LogP contribution in [0.25, 0.3) is 0 Å². The molecular formula is C11H18N4O. The van der Waals surface area contributed by atoms with E-state index >= 15 is 0 Å². The van der Waals surface area contributed by atoms with Gasteiger partial charge in [0.25, 0.3) is 0 Å². The van der Waals surface area contributed by atoms with Gasteiger partial charge in [-0.1, -0.05) is 0 Å². The molecule has 5 nitrogen and oxygen atoms in total. The SMILES string of the molecule is CN1CCC(c2nnc3n2CCCC3O)C1. The lowest BCUT2D eigenvalue weighted by Gasteiger charge is -2.21. The van der Waals surface area contributed by atoms with Crippen molar-refractivity contribution in [1.29, 1.82) is 0 Å². The highest BCUT2D eigenvalue weighted by atomic mass is 16.3. The van der Waals surface area contributed by atoms with Gasteiger partial charge < -0.3 is 14.6 Å². The molecule has 5 heteroatoms. The van der Waals surface area contributed by atoms with Crippen molar-refractivity contribution >= 4 is 0 Å². The van der Waals surface area contributed by atoms with Crippen LogP contribution < -0.4 is 0 Å². The minimum Gasteiger partial charge on any atom is -0.385 e. The second-order valence-corrected chi connectivity index (χ2v) is 4.97. The molecule has 0 aromatic carbocycles. The summed E-state index contributed by atoms with van der Waals surface area (Å²) in [5.41, 5.74) is 0. The van der Waals surface area contributed by atoms with E-state index in [1.54, 1.807) is 0 Å². The molecular weight excluding hydrogens is 204 g/mol. The third-order valence-electron chi connectivity index (χ3n) is 3.72. The highest BCUT2D eigenvalue weighted by Gasteiger charge is 2.30. The Kier molecular flexibility index (Phi) is 2.44. The standard InChI is InChI=1S/C11H18N4O/c1-14-6-4-8(7-14)10-12-13-11-9(16)3-2-5-15(10)11/h8-9,16H,2-7H2,1H3. The van der Waals surface area contributed by atoms with E-state index in [0.29, 0.717) is 5.92 Å². The van der Waals surface area contributed by atoms with Crippen LogP contribution in [0.5, 0.6) is 0 Å². The maximum atomic E-state index is 9.84. The summed E-state index contributed by atoms with van der Waals surface area (Å²) in [6.07, 6.45) is 2.60. The van der Waals surface area contributed by atoms with Crippen molar-refractivity contribution in [2.75, 3.05) is 20.1 Å². The third kappa shape index (κ3) is 1.55. The molecule has 16 heavy (non-hydrogen) atoms. The summed E-state index contributed by atoms with van der Waals surface area (Å²) in [6, 6.07) is 0. The molecule has 2 aliphatic rings. The van der Waals surface area contributed by atoms with Gasteiger partial charge in [-0.3, -0.25) is 0 Å². The molecule has 0 aliphatic carbocycles. The zero-order valence-electron chi connectivity index (χ0n) is 9.63. The van der Waals surface area contributed by atoms with Crippen LogP contribution in [-0.2, 0) is 6.54 Å². The molecule has 1 aromatic heterocycles. The van der Waals surface area contributed by atoms with Crippen LogP contribution in [0.4, 0.5) is 0 Å². The molecule has 0 bridgehead atoms. The van der Waals surface area contributed by atoms with Gasteiger partial charge in [0.15, 0.2) is 5.82 Å². The molecule has 0 spiro atoms. The summed E-state index contributed by atoms with van der Waals surface area (Å²) in [4.78, 5) is 2.32. The van der Waals surface area contributed by atoms with E-state index in [0.717, 1.165) is 50.5 Å². The summed E-state index contributed by atoms with van der Waals surface area (Å²) in [7, 11) is 2.14. The molecule has 0 amide bonds. The Hall–Kier alpha value is -0.940. The first kappa shape index (κ1) is 10.2. The summed E-state index contributed by atoms with van der Waals surface area (Å²) in [5.74, 6) is 2.35. The van der Waals surface area contributed by atoms with Crippen molar-refractivity contribution < 1.29 is 5.11 Å². The van der Waals surface area contributed by atoms with Crippen molar-refractivity contribution in [2.45, 2.75) is 37.8 Å². The number of aliphatic hydroxyl groups excluding tert-OH is 1. The molecule has 1 N–H and O–H groups in total. The molecule has 0 saturated carbocycles. The average Bonchev–Trinajstić information content (AvgIpc) is 2.84. The van der Waals surface area contributed by atoms with E-state index in [1.165, 1.54) is 0 Å². The number of hydrogen-bond acceptors (Lipinski definition) is 4. The number of aliphatic hydroxyl groups is 1. The topological polar surface area (TPSA) is 54.2 Å². The fourth-order valence-electron chi connectivity index (χ4n) is 2.82. The van der Waals surface area contributed by atoms with E-state index in [4.69, 9.17) is 0 Å². The van der Waals surface area contributed by atoms with E-state index in [1.807, 2.05) is 0 Å². The van der Waals surface area contributed by atoms with Gasteiger partial charge in [0.05, 0.1) is 0 Å². The van der Waals surface area contributed by atoms with Gasteiger partial charge in [0.2, 0.25) is 0 Å². The van der Waals surface area contributed by atoms with Crippen molar-refractivity contribution in [3.05, 3.63) is 11.6 Å². The zero-order valence-corrected chi connectivity index (χ0v) is 9.63. The molecule has 0 radical (unpaired) electrons. The maximum Gasteiger partial charge on any atom is 0.161 e. The normalized spacial score (nSPS) is 30.6. The Bertz CT molecular complexity index is 389. The maximum absolute atomic E-state index is 9.84. The van der Waals surface area contributed by atoms with Crippen LogP contribution in [-0.4, -0.2) is 44.9 Å². The lowest BCUT2D eigenvalue weighted by Crippen LogP contribution is -2.20. The van der Waals surface area contributed by atoms with Gasteiger partial charge in [-0.15, -0.1) is 10.2 Å². The minimum absolute atomic E-state index is 0.408. The van der Waals surface area contributed by atoms with Crippen molar-refractivity contribution in [3.8, 4) is 0 Å². The fraction of sp³-hybridized carbons (Fsp3) is 0.818. The molecule has 3 rings (SSSR count). The van der Waals surface area contributed by atoms with Gasteiger partial charge in [-0.25, -0.2) is 0 Å². The van der Waals surface area contributed by atoms with Crippen LogP contribution in [0, 0.1) is 0 Å². The third-order valence-corrected chi connectivity index (χ3v) is 3.72. The first-order chi connectivity index (χ1) is 7.75. The summed E-state index contributed by atoms with van der Waals surface area (Å²) in [5, 5.41) is 18.3. The zero-order chi connectivity index (χ0) is 11.1. The minimum atomic E-state index is -0.408. The number of hydrogen-bond donors (Lipinski definition) is 1. The van der Waals surface area contributed by atoms with E-state index in [-0.39, 0.29) is 0 Å². The molecule has 88 valence electrons. The molecule has 2 aliphatic heterocycles. The highest BCUT2D eigenvalue weighted by molar-refractivity contribution is 5.08. The average molecular weight is 222 g/mol. The van der Waals surface area contributed by atoms with E-state index < -0.39 is 6.10 Å². The van der Waals surface area contributed by atoms with Gasteiger partial charge in [-0.2, -0.15) is 0 Å².